The van der Waals surface area contributed by atoms with Crippen molar-refractivity contribution in [1.82, 2.24) is 4.90 Å². The summed E-state index contributed by atoms with van der Waals surface area (Å²) >= 11 is 0. The number of fused-ring (bicyclic) bond motifs is 1. The molecule has 2 aliphatic heterocycles. The first-order chi connectivity index (χ1) is 11.3. The Hall–Kier alpha value is -1.92. The van der Waals surface area contributed by atoms with E-state index in [1.165, 1.54) is 0 Å². The molecule has 1 aromatic carbocycles. The Bertz CT molecular complexity index is 659. The molecule has 0 spiro atoms. The fourth-order valence-electron chi connectivity index (χ4n) is 3.39. The van der Waals surface area contributed by atoms with Crippen LogP contribution in [0, 0.1) is 0 Å². The number of nitrogens with zero attached hydrogens (tertiary/aromatic N) is 2. The van der Waals surface area contributed by atoms with Crippen LogP contribution in [-0.4, -0.2) is 54.1 Å². The van der Waals surface area contributed by atoms with Gasteiger partial charge in [0.2, 0.25) is 11.8 Å². The summed E-state index contributed by atoms with van der Waals surface area (Å²) in [6.45, 7) is 9.55. The third-order valence-corrected chi connectivity index (χ3v) is 4.91. The van der Waals surface area contributed by atoms with Crippen LogP contribution in [0.15, 0.2) is 24.3 Å². The Kier molecular flexibility index (Phi) is 4.36. The fraction of sp³-hybridized carbons (Fsp3) is 0.556. The average molecular weight is 331 g/mol. The molecule has 1 N–H and O–H groups in total. The number of ether oxygens (including phenoxy) is 1. The molecule has 0 radical (unpaired) electrons. The van der Waals surface area contributed by atoms with E-state index < -0.39 is 5.54 Å². The number of morpholine rings is 1. The number of carbonyl (C=O) groups excluding carboxylic acids is 2. The summed E-state index contributed by atoms with van der Waals surface area (Å²) in [6.07, 6.45) is 0.110. The summed E-state index contributed by atoms with van der Waals surface area (Å²) in [4.78, 5) is 29.6. The van der Waals surface area contributed by atoms with E-state index in [0.717, 1.165) is 18.8 Å². The van der Waals surface area contributed by atoms with Crippen molar-refractivity contribution >= 4 is 23.2 Å². The van der Waals surface area contributed by atoms with E-state index in [2.05, 4.69) is 10.2 Å². The standard InChI is InChI=1S/C18H25N3O3/c1-12-11-20(9-10-24-12)13(2)16(22)21-15-8-6-5-7-14(15)19-17(23)18(21,3)4/h5-8,12-13H,9-11H2,1-4H3,(H,19,23)/t12-,13+/m0/s1. The lowest BCUT2D eigenvalue weighted by atomic mass is 9.95. The van der Waals surface area contributed by atoms with Gasteiger partial charge in [0.15, 0.2) is 0 Å². The van der Waals surface area contributed by atoms with Gasteiger partial charge in [0.25, 0.3) is 0 Å². The Morgan fingerprint density at radius 3 is 2.79 bits per heavy atom. The number of hydrogen-bond acceptors (Lipinski definition) is 4. The van der Waals surface area contributed by atoms with E-state index in [0.29, 0.717) is 12.3 Å². The number of benzene rings is 1. The second kappa shape index (κ2) is 6.18. The number of rotatable bonds is 2. The van der Waals surface area contributed by atoms with Gasteiger partial charge in [-0.05, 0) is 39.8 Å². The predicted octanol–water partition coefficient (Wildman–Crippen LogP) is 1.86. The van der Waals surface area contributed by atoms with Crippen LogP contribution in [0.2, 0.25) is 0 Å². The zero-order chi connectivity index (χ0) is 17.5. The molecule has 3 rings (SSSR count). The van der Waals surface area contributed by atoms with Crippen molar-refractivity contribution in [2.75, 3.05) is 29.9 Å². The van der Waals surface area contributed by atoms with Crippen LogP contribution in [0.1, 0.15) is 27.7 Å². The van der Waals surface area contributed by atoms with E-state index in [1.807, 2.05) is 38.1 Å². The third-order valence-electron chi connectivity index (χ3n) is 4.91. The highest BCUT2D eigenvalue weighted by molar-refractivity contribution is 6.15. The van der Waals surface area contributed by atoms with E-state index in [9.17, 15) is 9.59 Å². The molecular formula is C18H25N3O3. The van der Waals surface area contributed by atoms with Crippen molar-refractivity contribution in [1.29, 1.82) is 0 Å². The lowest BCUT2D eigenvalue weighted by molar-refractivity contribution is -0.131. The summed E-state index contributed by atoms with van der Waals surface area (Å²) < 4.78 is 5.57. The van der Waals surface area contributed by atoms with Crippen LogP contribution in [0.25, 0.3) is 0 Å². The average Bonchev–Trinajstić information content (AvgIpc) is 2.54. The molecule has 0 aromatic heterocycles. The zero-order valence-corrected chi connectivity index (χ0v) is 14.7. The molecule has 2 amide bonds. The van der Waals surface area contributed by atoms with E-state index >= 15 is 0 Å². The van der Waals surface area contributed by atoms with Crippen LogP contribution in [0.4, 0.5) is 11.4 Å². The lowest BCUT2D eigenvalue weighted by Gasteiger charge is -2.45. The normalized spacial score (nSPS) is 24.9. The van der Waals surface area contributed by atoms with Crippen LogP contribution < -0.4 is 10.2 Å². The second-order valence-corrected chi connectivity index (χ2v) is 7.06. The van der Waals surface area contributed by atoms with Crippen LogP contribution in [0.3, 0.4) is 0 Å². The summed E-state index contributed by atoms with van der Waals surface area (Å²) in [7, 11) is 0. The molecule has 1 fully saturated rings. The van der Waals surface area contributed by atoms with Gasteiger partial charge in [0.1, 0.15) is 5.54 Å². The monoisotopic (exact) mass is 331 g/mol. The molecule has 1 saturated heterocycles. The number of carbonyl (C=O) groups is 2. The maximum atomic E-state index is 13.3. The summed E-state index contributed by atoms with van der Waals surface area (Å²) in [5.41, 5.74) is 0.496. The molecule has 130 valence electrons. The van der Waals surface area contributed by atoms with Crippen molar-refractivity contribution < 1.29 is 14.3 Å². The van der Waals surface area contributed by atoms with Crippen LogP contribution in [-0.2, 0) is 14.3 Å². The molecule has 0 unspecified atom stereocenters. The molecule has 24 heavy (non-hydrogen) atoms. The van der Waals surface area contributed by atoms with Gasteiger partial charge in [0, 0.05) is 13.1 Å². The molecular weight excluding hydrogens is 306 g/mol. The minimum Gasteiger partial charge on any atom is -0.376 e. The van der Waals surface area contributed by atoms with Crippen molar-refractivity contribution in [2.24, 2.45) is 0 Å². The van der Waals surface area contributed by atoms with Gasteiger partial charge < -0.3 is 10.1 Å². The Morgan fingerprint density at radius 1 is 1.38 bits per heavy atom. The van der Waals surface area contributed by atoms with Gasteiger partial charge in [-0.1, -0.05) is 12.1 Å². The third kappa shape index (κ3) is 2.80. The van der Waals surface area contributed by atoms with Crippen molar-refractivity contribution in [2.45, 2.75) is 45.4 Å². The fourth-order valence-corrected chi connectivity index (χ4v) is 3.39. The maximum Gasteiger partial charge on any atom is 0.250 e. The smallest absolute Gasteiger partial charge is 0.250 e. The maximum absolute atomic E-state index is 13.3. The van der Waals surface area contributed by atoms with Gasteiger partial charge in [-0.15, -0.1) is 0 Å². The second-order valence-electron chi connectivity index (χ2n) is 7.06. The summed E-state index contributed by atoms with van der Waals surface area (Å²) in [5.74, 6) is -0.228. The predicted molar refractivity (Wildman–Crippen MR) is 93.1 cm³/mol. The largest absolute Gasteiger partial charge is 0.376 e. The highest BCUT2D eigenvalue weighted by atomic mass is 16.5. The lowest BCUT2D eigenvalue weighted by Crippen LogP contribution is -2.63. The van der Waals surface area contributed by atoms with Gasteiger partial charge in [-0.2, -0.15) is 0 Å². The highest BCUT2D eigenvalue weighted by Crippen LogP contribution is 2.37. The molecule has 2 heterocycles. The number of nitrogens with one attached hydrogen (secondary N) is 1. The van der Waals surface area contributed by atoms with Gasteiger partial charge >= 0.3 is 0 Å². The molecule has 0 saturated carbocycles. The zero-order valence-electron chi connectivity index (χ0n) is 14.7. The van der Waals surface area contributed by atoms with E-state index in [4.69, 9.17) is 4.74 Å². The SMILES string of the molecule is C[C@H](C(=O)N1c2ccccc2NC(=O)C1(C)C)N1CCO[C@@H](C)C1. The van der Waals surface area contributed by atoms with Crippen molar-refractivity contribution in [3.8, 4) is 0 Å². The Labute approximate surface area is 142 Å². The minimum absolute atomic E-state index is 0.0589. The van der Waals surface area contributed by atoms with Gasteiger partial charge in [-0.25, -0.2) is 0 Å². The quantitative estimate of drug-likeness (QED) is 0.898. The molecule has 2 atom stereocenters. The molecule has 6 heteroatoms. The number of anilines is 2. The highest BCUT2D eigenvalue weighted by Gasteiger charge is 2.45. The number of hydrogen-bond donors (Lipinski definition) is 1. The number of para-hydroxylation sites is 2. The molecule has 6 nitrogen and oxygen atoms in total. The van der Waals surface area contributed by atoms with Crippen LogP contribution >= 0.6 is 0 Å². The first kappa shape index (κ1) is 16.9. The Morgan fingerprint density at radius 2 is 2.08 bits per heavy atom. The molecule has 2 aliphatic rings. The topological polar surface area (TPSA) is 61.9 Å². The van der Waals surface area contributed by atoms with Crippen molar-refractivity contribution in [3.05, 3.63) is 24.3 Å². The molecule has 1 aromatic rings. The van der Waals surface area contributed by atoms with Crippen molar-refractivity contribution in [3.63, 3.8) is 0 Å². The minimum atomic E-state index is -0.933. The van der Waals surface area contributed by atoms with Crippen LogP contribution in [0.5, 0.6) is 0 Å². The van der Waals surface area contributed by atoms with Gasteiger partial charge in [0.05, 0.1) is 30.1 Å². The number of amides is 2. The summed E-state index contributed by atoms with van der Waals surface area (Å²) in [6, 6.07) is 7.13. The Balaban J connectivity index is 1.93. The molecule has 0 aliphatic carbocycles. The first-order valence-corrected chi connectivity index (χ1v) is 8.42. The van der Waals surface area contributed by atoms with E-state index in [-0.39, 0.29) is 24.0 Å². The van der Waals surface area contributed by atoms with E-state index in [1.54, 1.807) is 18.7 Å². The van der Waals surface area contributed by atoms with Gasteiger partial charge in [-0.3, -0.25) is 19.4 Å². The first-order valence-electron chi connectivity index (χ1n) is 8.42. The summed E-state index contributed by atoms with van der Waals surface area (Å²) in [5, 5.41) is 2.89. The molecule has 0 bridgehead atoms.